The SMILES string of the molecule is N[C@H]1CCC[C@@H]1Nc1ccc(F)c(F)c1. The van der Waals surface area contributed by atoms with E-state index in [0.717, 1.165) is 25.3 Å². The Hall–Kier alpha value is -1.16. The Kier molecular flexibility index (Phi) is 2.86. The van der Waals surface area contributed by atoms with E-state index in [1.165, 1.54) is 12.1 Å². The molecule has 15 heavy (non-hydrogen) atoms. The predicted octanol–water partition coefficient (Wildman–Crippen LogP) is 2.26. The Morgan fingerprint density at radius 1 is 1.20 bits per heavy atom. The first-order valence-electron chi connectivity index (χ1n) is 5.14. The van der Waals surface area contributed by atoms with Crippen molar-refractivity contribution in [2.24, 2.45) is 5.73 Å². The van der Waals surface area contributed by atoms with Crippen LogP contribution in [0.15, 0.2) is 18.2 Å². The van der Waals surface area contributed by atoms with E-state index in [2.05, 4.69) is 5.32 Å². The third-order valence-electron chi connectivity index (χ3n) is 2.84. The summed E-state index contributed by atoms with van der Waals surface area (Å²) in [6, 6.07) is 4.11. The number of halogens is 2. The van der Waals surface area contributed by atoms with Crippen molar-refractivity contribution in [3.63, 3.8) is 0 Å². The van der Waals surface area contributed by atoms with Crippen molar-refractivity contribution in [1.29, 1.82) is 0 Å². The molecule has 1 aromatic rings. The average Bonchev–Trinajstić information content (AvgIpc) is 2.59. The van der Waals surface area contributed by atoms with Gasteiger partial charge in [-0.2, -0.15) is 0 Å². The zero-order valence-corrected chi connectivity index (χ0v) is 8.34. The largest absolute Gasteiger partial charge is 0.381 e. The molecule has 0 aromatic heterocycles. The number of rotatable bonds is 2. The normalized spacial score (nSPS) is 25.5. The zero-order chi connectivity index (χ0) is 10.8. The number of anilines is 1. The minimum atomic E-state index is -0.827. The van der Waals surface area contributed by atoms with Crippen LogP contribution in [0.1, 0.15) is 19.3 Å². The van der Waals surface area contributed by atoms with E-state index in [4.69, 9.17) is 5.73 Å². The lowest BCUT2D eigenvalue weighted by Crippen LogP contribution is -2.35. The first kappa shape index (κ1) is 10.4. The maximum Gasteiger partial charge on any atom is 0.160 e. The lowest BCUT2D eigenvalue weighted by Gasteiger charge is -2.18. The molecule has 0 heterocycles. The molecule has 0 saturated heterocycles. The molecular formula is C11H14F2N2. The van der Waals surface area contributed by atoms with Crippen LogP contribution in [0.2, 0.25) is 0 Å². The van der Waals surface area contributed by atoms with E-state index in [9.17, 15) is 8.78 Å². The van der Waals surface area contributed by atoms with E-state index < -0.39 is 11.6 Å². The average molecular weight is 212 g/mol. The molecule has 1 aromatic carbocycles. The highest BCUT2D eigenvalue weighted by molar-refractivity contribution is 5.45. The summed E-state index contributed by atoms with van der Waals surface area (Å²) in [6.45, 7) is 0. The maximum atomic E-state index is 12.9. The summed E-state index contributed by atoms with van der Waals surface area (Å²) in [6.07, 6.45) is 3.06. The molecule has 0 amide bonds. The fourth-order valence-electron chi connectivity index (χ4n) is 1.97. The Morgan fingerprint density at radius 3 is 2.60 bits per heavy atom. The molecule has 0 bridgehead atoms. The van der Waals surface area contributed by atoms with Crippen LogP contribution in [-0.4, -0.2) is 12.1 Å². The van der Waals surface area contributed by atoms with Gasteiger partial charge in [0.15, 0.2) is 11.6 Å². The number of hydrogen-bond acceptors (Lipinski definition) is 2. The summed E-state index contributed by atoms with van der Waals surface area (Å²) in [5.74, 6) is -1.65. The highest BCUT2D eigenvalue weighted by Gasteiger charge is 2.23. The highest BCUT2D eigenvalue weighted by Crippen LogP contribution is 2.22. The second-order valence-corrected chi connectivity index (χ2v) is 3.97. The number of benzene rings is 1. The Morgan fingerprint density at radius 2 is 2.00 bits per heavy atom. The highest BCUT2D eigenvalue weighted by atomic mass is 19.2. The van der Waals surface area contributed by atoms with E-state index in [0.29, 0.717) is 5.69 Å². The molecule has 0 spiro atoms. The lowest BCUT2D eigenvalue weighted by atomic mass is 10.1. The third kappa shape index (κ3) is 2.26. The Bertz CT molecular complexity index is 354. The Balaban J connectivity index is 2.07. The number of hydrogen-bond donors (Lipinski definition) is 2. The van der Waals surface area contributed by atoms with Gasteiger partial charge in [0.05, 0.1) is 0 Å². The first-order chi connectivity index (χ1) is 7.16. The quantitative estimate of drug-likeness (QED) is 0.789. The van der Waals surface area contributed by atoms with E-state index in [1.54, 1.807) is 0 Å². The van der Waals surface area contributed by atoms with Gasteiger partial charge in [0.2, 0.25) is 0 Å². The van der Waals surface area contributed by atoms with Crippen molar-refractivity contribution in [3.05, 3.63) is 29.8 Å². The molecular weight excluding hydrogens is 198 g/mol. The molecule has 1 aliphatic rings. The molecule has 1 saturated carbocycles. The van der Waals surface area contributed by atoms with Gasteiger partial charge in [0, 0.05) is 23.8 Å². The van der Waals surface area contributed by atoms with Crippen molar-refractivity contribution in [2.45, 2.75) is 31.3 Å². The molecule has 2 nitrogen and oxygen atoms in total. The Labute approximate surface area is 87.5 Å². The molecule has 2 rings (SSSR count). The fraction of sp³-hybridized carbons (Fsp3) is 0.455. The van der Waals surface area contributed by atoms with Crippen molar-refractivity contribution in [3.8, 4) is 0 Å². The van der Waals surface area contributed by atoms with E-state index in [-0.39, 0.29) is 12.1 Å². The van der Waals surface area contributed by atoms with Gasteiger partial charge in [-0.05, 0) is 31.4 Å². The van der Waals surface area contributed by atoms with Gasteiger partial charge in [0.1, 0.15) is 0 Å². The minimum absolute atomic E-state index is 0.109. The fourth-order valence-corrected chi connectivity index (χ4v) is 1.97. The topological polar surface area (TPSA) is 38.0 Å². The van der Waals surface area contributed by atoms with Crippen LogP contribution in [0.3, 0.4) is 0 Å². The van der Waals surface area contributed by atoms with Crippen molar-refractivity contribution in [1.82, 2.24) is 0 Å². The van der Waals surface area contributed by atoms with Gasteiger partial charge in [0.25, 0.3) is 0 Å². The predicted molar refractivity (Wildman–Crippen MR) is 55.6 cm³/mol. The molecule has 2 atom stereocenters. The lowest BCUT2D eigenvalue weighted by molar-refractivity contribution is 0.508. The van der Waals surface area contributed by atoms with Crippen LogP contribution < -0.4 is 11.1 Å². The molecule has 1 aliphatic carbocycles. The summed E-state index contributed by atoms with van der Waals surface area (Å²) >= 11 is 0. The third-order valence-corrected chi connectivity index (χ3v) is 2.84. The van der Waals surface area contributed by atoms with Crippen LogP contribution >= 0.6 is 0 Å². The van der Waals surface area contributed by atoms with Gasteiger partial charge < -0.3 is 11.1 Å². The molecule has 4 heteroatoms. The van der Waals surface area contributed by atoms with Crippen molar-refractivity contribution in [2.75, 3.05) is 5.32 Å². The van der Waals surface area contributed by atoms with Gasteiger partial charge in [-0.15, -0.1) is 0 Å². The van der Waals surface area contributed by atoms with Gasteiger partial charge in [-0.25, -0.2) is 8.78 Å². The van der Waals surface area contributed by atoms with Gasteiger partial charge >= 0.3 is 0 Å². The molecule has 3 N–H and O–H groups in total. The summed E-state index contributed by atoms with van der Waals surface area (Å²) in [4.78, 5) is 0. The van der Waals surface area contributed by atoms with Crippen molar-refractivity contribution < 1.29 is 8.78 Å². The zero-order valence-electron chi connectivity index (χ0n) is 8.34. The number of nitrogens with two attached hydrogens (primary N) is 1. The van der Waals surface area contributed by atoms with E-state index in [1.807, 2.05) is 0 Å². The summed E-state index contributed by atoms with van der Waals surface area (Å²) < 4.78 is 25.6. The summed E-state index contributed by atoms with van der Waals surface area (Å²) in [5, 5.41) is 3.13. The van der Waals surface area contributed by atoms with Crippen LogP contribution in [-0.2, 0) is 0 Å². The summed E-state index contributed by atoms with van der Waals surface area (Å²) in [5.41, 5.74) is 6.46. The van der Waals surface area contributed by atoms with Crippen LogP contribution in [0.25, 0.3) is 0 Å². The molecule has 0 radical (unpaired) electrons. The first-order valence-corrected chi connectivity index (χ1v) is 5.14. The van der Waals surface area contributed by atoms with Crippen molar-refractivity contribution >= 4 is 5.69 Å². The smallest absolute Gasteiger partial charge is 0.160 e. The van der Waals surface area contributed by atoms with E-state index >= 15 is 0 Å². The number of nitrogens with one attached hydrogen (secondary N) is 1. The molecule has 1 fully saturated rings. The van der Waals surface area contributed by atoms with Gasteiger partial charge in [-0.1, -0.05) is 0 Å². The second kappa shape index (κ2) is 4.14. The second-order valence-electron chi connectivity index (χ2n) is 3.97. The minimum Gasteiger partial charge on any atom is -0.381 e. The van der Waals surface area contributed by atoms with Crippen LogP contribution in [0.4, 0.5) is 14.5 Å². The summed E-state index contributed by atoms with van der Waals surface area (Å²) in [7, 11) is 0. The molecule has 0 aliphatic heterocycles. The molecule has 0 unspecified atom stereocenters. The van der Waals surface area contributed by atoms with Crippen LogP contribution in [0.5, 0.6) is 0 Å². The maximum absolute atomic E-state index is 12.9. The monoisotopic (exact) mass is 212 g/mol. The molecule has 82 valence electrons. The van der Waals surface area contributed by atoms with Crippen LogP contribution in [0, 0.1) is 11.6 Å². The van der Waals surface area contributed by atoms with Gasteiger partial charge in [-0.3, -0.25) is 0 Å². The standard InChI is InChI=1S/C11H14F2N2/c12-8-5-4-7(6-9(8)13)15-11-3-1-2-10(11)14/h4-6,10-11,15H,1-3,14H2/t10-,11-/m0/s1.